The molecule has 0 amide bonds. The van der Waals surface area contributed by atoms with Crippen molar-refractivity contribution < 1.29 is 5.11 Å². The van der Waals surface area contributed by atoms with E-state index in [4.69, 9.17) is 5.73 Å². The molecule has 3 nitrogen and oxygen atoms in total. The summed E-state index contributed by atoms with van der Waals surface area (Å²) < 4.78 is 0. The van der Waals surface area contributed by atoms with Gasteiger partial charge in [0.15, 0.2) is 0 Å². The van der Waals surface area contributed by atoms with Gasteiger partial charge in [0, 0.05) is 18.0 Å². The molecule has 0 saturated heterocycles. The highest BCUT2D eigenvalue weighted by Crippen LogP contribution is 2.17. The van der Waals surface area contributed by atoms with Crippen molar-refractivity contribution in [3.63, 3.8) is 0 Å². The molecule has 0 bridgehead atoms. The Morgan fingerprint density at radius 2 is 2.18 bits per heavy atom. The van der Waals surface area contributed by atoms with Crippen LogP contribution < -0.4 is 5.73 Å². The molecule has 0 aliphatic rings. The van der Waals surface area contributed by atoms with Crippen molar-refractivity contribution in [3.05, 3.63) is 21.9 Å². The third-order valence-corrected chi connectivity index (χ3v) is 3.04. The van der Waals surface area contributed by atoms with E-state index in [1.165, 1.54) is 4.88 Å². The first-order valence-electron chi connectivity index (χ1n) is 5.59. The first-order valence-corrected chi connectivity index (χ1v) is 6.41. The Balaban J connectivity index is 2.54. The third-order valence-electron chi connectivity index (χ3n) is 2.06. The van der Waals surface area contributed by atoms with Gasteiger partial charge in [0.1, 0.15) is 0 Å². The molecule has 94 valence electrons. The summed E-state index contributed by atoms with van der Waals surface area (Å²) >= 11 is 1.67. The van der Waals surface area contributed by atoms with Crippen molar-refractivity contribution in [2.24, 2.45) is 5.73 Å². The molecular formula is C13H20N2OS. The van der Waals surface area contributed by atoms with Crippen LogP contribution in [0.2, 0.25) is 0 Å². The number of thiophene rings is 1. The molecule has 0 aliphatic carbocycles. The lowest BCUT2D eigenvalue weighted by atomic mass is 10.1. The molecule has 1 rings (SSSR count). The summed E-state index contributed by atoms with van der Waals surface area (Å²) in [6.45, 7) is 5.51. The summed E-state index contributed by atoms with van der Waals surface area (Å²) in [7, 11) is 2.00. The molecule has 1 aromatic rings. The van der Waals surface area contributed by atoms with Gasteiger partial charge in [-0.15, -0.1) is 11.3 Å². The van der Waals surface area contributed by atoms with Gasteiger partial charge in [0.05, 0.1) is 17.0 Å². The number of nitrogens with two attached hydrogens (primary N) is 1. The van der Waals surface area contributed by atoms with Crippen LogP contribution >= 0.6 is 11.3 Å². The predicted octanol–water partition coefficient (Wildman–Crippen LogP) is 1.26. The minimum Gasteiger partial charge on any atom is -0.389 e. The monoisotopic (exact) mass is 252 g/mol. The van der Waals surface area contributed by atoms with Gasteiger partial charge < -0.3 is 10.8 Å². The van der Waals surface area contributed by atoms with Crippen LogP contribution in [-0.2, 0) is 6.54 Å². The van der Waals surface area contributed by atoms with Gasteiger partial charge in [-0.3, -0.25) is 4.90 Å². The van der Waals surface area contributed by atoms with Gasteiger partial charge in [-0.25, -0.2) is 0 Å². The Bertz CT molecular complexity index is 409. The zero-order chi connectivity index (χ0) is 12.9. The van der Waals surface area contributed by atoms with E-state index in [0.717, 1.165) is 11.4 Å². The van der Waals surface area contributed by atoms with E-state index in [-0.39, 0.29) is 0 Å². The molecule has 0 aromatic carbocycles. The molecule has 0 aliphatic heterocycles. The largest absolute Gasteiger partial charge is 0.389 e. The maximum atomic E-state index is 9.71. The summed E-state index contributed by atoms with van der Waals surface area (Å²) in [5.74, 6) is 5.87. The Morgan fingerprint density at radius 1 is 1.47 bits per heavy atom. The number of rotatable bonds is 4. The van der Waals surface area contributed by atoms with E-state index in [1.807, 2.05) is 27.0 Å². The third kappa shape index (κ3) is 5.85. The first-order chi connectivity index (χ1) is 7.90. The maximum Gasteiger partial charge on any atom is 0.0772 e. The van der Waals surface area contributed by atoms with Crippen LogP contribution in [-0.4, -0.2) is 35.7 Å². The normalized spacial score (nSPS) is 11.4. The molecule has 4 heteroatoms. The van der Waals surface area contributed by atoms with Crippen molar-refractivity contribution in [1.29, 1.82) is 0 Å². The van der Waals surface area contributed by atoms with Gasteiger partial charge in [-0.05, 0) is 33.0 Å². The Labute approximate surface area is 107 Å². The minimum absolute atomic E-state index is 0.395. The lowest BCUT2D eigenvalue weighted by Crippen LogP contribution is -2.35. The molecule has 1 aromatic heterocycles. The van der Waals surface area contributed by atoms with Crippen LogP contribution in [0.25, 0.3) is 0 Å². The maximum absolute atomic E-state index is 9.71. The van der Waals surface area contributed by atoms with E-state index in [2.05, 4.69) is 22.8 Å². The highest BCUT2D eigenvalue weighted by Gasteiger charge is 2.15. The number of nitrogens with zero attached hydrogens (tertiary/aromatic N) is 1. The summed E-state index contributed by atoms with van der Waals surface area (Å²) in [5, 5.41) is 9.71. The van der Waals surface area contributed by atoms with Gasteiger partial charge in [0.25, 0.3) is 0 Å². The number of aliphatic hydroxyl groups is 1. The standard InChI is InChI=1S/C13H20N2OS/c1-13(2,16)10-15(3)9-12-7-6-11(17-12)5-4-8-14/h6-7,16H,8-10,14H2,1-3H3. The highest BCUT2D eigenvalue weighted by molar-refractivity contribution is 7.12. The SMILES string of the molecule is CN(Cc1ccc(C#CCN)s1)CC(C)(C)O. The molecule has 3 N–H and O–H groups in total. The van der Waals surface area contributed by atoms with Crippen LogP contribution in [0.4, 0.5) is 0 Å². The molecule has 0 atom stereocenters. The molecule has 0 radical (unpaired) electrons. The van der Waals surface area contributed by atoms with E-state index in [0.29, 0.717) is 13.1 Å². The van der Waals surface area contributed by atoms with Crippen LogP contribution in [0.5, 0.6) is 0 Å². The fourth-order valence-electron chi connectivity index (χ4n) is 1.65. The van der Waals surface area contributed by atoms with E-state index in [1.54, 1.807) is 11.3 Å². The quantitative estimate of drug-likeness (QED) is 0.793. The summed E-state index contributed by atoms with van der Waals surface area (Å²) in [5.41, 5.74) is 4.67. The summed E-state index contributed by atoms with van der Waals surface area (Å²) in [6.07, 6.45) is 0. The average molecular weight is 252 g/mol. The Kier molecular flexibility index (Phi) is 5.16. The van der Waals surface area contributed by atoms with Gasteiger partial charge in [-0.1, -0.05) is 11.8 Å². The van der Waals surface area contributed by atoms with Crippen LogP contribution in [0.3, 0.4) is 0 Å². The number of likely N-dealkylation sites (N-methyl/N-ethyl adjacent to an activating group) is 1. The van der Waals surface area contributed by atoms with Crippen molar-refractivity contribution >= 4 is 11.3 Å². The van der Waals surface area contributed by atoms with Crippen LogP contribution in [0, 0.1) is 11.8 Å². The van der Waals surface area contributed by atoms with Crippen LogP contribution in [0.15, 0.2) is 12.1 Å². The molecule has 0 saturated carbocycles. The lowest BCUT2D eigenvalue weighted by Gasteiger charge is -2.24. The molecule has 17 heavy (non-hydrogen) atoms. The second kappa shape index (κ2) is 6.18. The zero-order valence-electron chi connectivity index (χ0n) is 10.7. The summed E-state index contributed by atoms with van der Waals surface area (Å²) in [4.78, 5) is 4.39. The number of hydrogen-bond acceptors (Lipinski definition) is 4. The van der Waals surface area contributed by atoms with Crippen molar-refractivity contribution in [3.8, 4) is 11.8 Å². The molecule has 0 unspecified atom stereocenters. The first kappa shape index (κ1) is 14.2. The van der Waals surface area contributed by atoms with Crippen molar-refractivity contribution in [2.75, 3.05) is 20.1 Å². The lowest BCUT2D eigenvalue weighted by molar-refractivity contribution is 0.0427. The molecule has 1 heterocycles. The van der Waals surface area contributed by atoms with Crippen LogP contribution in [0.1, 0.15) is 23.6 Å². The van der Waals surface area contributed by atoms with Crippen molar-refractivity contribution in [2.45, 2.75) is 26.0 Å². The van der Waals surface area contributed by atoms with Gasteiger partial charge in [-0.2, -0.15) is 0 Å². The molecular weight excluding hydrogens is 232 g/mol. The Hall–Kier alpha value is -0.860. The van der Waals surface area contributed by atoms with E-state index >= 15 is 0 Å². The van der Waals surface area contributed by atoms with E-state index < -0.39 is 5.60 Å². The fraction of sp³-hybridized carbons (Fsp3) is 0.538. The minimum atomic E-state index is -0.659. The Morgan fingerprint density at radius 3 is 2.76 bits per heavy atom. The van der Waals surface area contributed by atoms with E-state index in [9.17, 15) is 5.11 Å². The molecule has 0 fully saturated rings. The average Bonchev–Trinajstić information content (AvgIpc) is 2.59. The molecule has 0 spiro atoms. The van der Waals surface area contributed by atoms with Gasteiger partial charge in [0.2, 0.25) is 0 Å². The highest BCUT2D eigenvalue weighted by atomic mass is 32.1. The van der Waals surface area contributed by atoms with Crippen molar-refractivity contribution in [1.82, 2.24) is 4.90 Å². The van der Waals surface area contributed by atoms with Gasteiger partial charge >= 0.3 is 0 Å². The fourth-order valence-corrected chi connectivity index (χ4v) is 2.61. The number of hydrogen-bond donors (Lipinski definition) is 2. The second-order valence-electron chi connectivity index (χ2n) is 4.76. The smallest absolute Gasteiger partial charge is 0.0772 e. The predicted molar refractivity (Wildman–Crippen MR) is 72.9 cm³/mol. The second-order valence-corrected chi connectivity index (χ2v) is 5.92. The summed E-state index contributed by atoms with van der Waals surface area (Å²) in [6, 6.07) is 4.09. The topological polar surface area (TPSA) is 49.5 Å². The zero-order valence-corrected chi connectivity index (χ0v) is 11.5.